The molecular formula is C42H33NO8. The molecule has 1 aliphatic heterocycles. The van der Waals surface area contributed by atoms with Gasteiger partial charge in [0.05, 0.1) is 35.6 Å². The molecule has 4 aromatic carbocycles. The highest BCUT2D eigenvalue weighted by atomic mass is 16.5. The summed E-state index contributed by atoms with van der Waals surface area (Å²) in [5.74, 6) is -6.30. The van der Waals surface area contributed by atoms with E-state index in [9.17, 15) is 24.6 Å². The number of nitrogens with zero attached hydrogens (tertiary/aromatic N) is 1. The largest absolute Gasteiger partial charge is 0.508 e. The number of benzene rings is 4. The van der Waals surface area contributed by atoms with Crippen LogP contribution in [0.2, 0.25) is 0 Å². The SMILES string of the molecule is COc1cc(O)ccc1C1C2=CCC3C(=O)N(c4cccc(C(=O)O)c4)C(=O)C3C2CC2C(=O)C(c3ccccc3)=CC(=O)C21c1ccccc1. The fourth-order valence-corrected chi connectivity index (χ4v) is 9.19. The average Bonchev–Trinajstić information content (AvgIpc) is 3.41. The van der Waals surface area contributed by atoms with E-state index in [0.29, 0.717) is 22.4 Å². The number of anilines is 1. The van der Waals surface area contributed by atoms with Crippen molar-refractivity contribution in [3.05, 3.63) is 143 Å². The molecule has 1 saturated carbocycles. The zero-order chi connectivity index (χ0) is 35.6. The monoisotopic (exact) mass is 679 g/mol. The maximum absolute atomic E-state index is 15.1. The van der Waals surface area contributed by atoms with Crippen LogP contribution in [0.1, 0.15) is 45.8 Å². The highest BCUT2D eigenvalue weighted by Gasteiger charge is 2.66. The summed E-state index contributed by atoms with van der Waals surface area (Å²) in [6, 6.07) is 28.7. The summed E-state index contributed by atoms with van der Waals surface area (Å²) in [7, 11) is 1.47. The number of imide groups is 1. The van der Waals surface area contributed by atoms with Crippen LogP contribution in [0.5, 0.6) is 11.5 Å². The number of hydrogen-bond donors (Lipinski definition) is 2. The lowest BCUT2D eigenvalue weighted by molar-refractivity contribution is -0.135. The molecule has 1 saturated heterocycles. The Morgan fingerprint density at radius 1 is 0.843 bits per heavy atom. The van der Waals surface area contributed by atoms with Crippen molar-refractivity contribution in [3.63, 3.8) is 0 Å². The van der Waals surface area contributed by atoms with E-state index >= 15 is 9.59 Å². The Balaban J connectivity index is 1.36. The van der Waals surface area contributed by atoms with Gasteiger partial charge in [0.15, 0.2) is 11.6 Å². The summed E-state index contributed by atoms with van der Waals surface area (Å²) >= 11 is 0. The number of aromatic carboxylic acids is 1. The summed E-state index contributed by atoms with van der Waals surface area (Å²) in [5, 5.41) is 20.1. The summed E-state index contributed by atoms with van der Waals surface area (Å²) in [5.41, 5.74) is 1.52. The van der Waals surface area contributed by atoms with Crippen LogP contribution in [0.15, 0.2) is 121 Å². The standard InChI is InChI=1S/C42H33NO8/c1-51-34-20-27(44)15-16-29(34)37-28-17-18-30-36(40(48)43(39(30)47)26-14-8-11-24(19-26)41(49)50)32(28)21-33-38(46)31(23-9-4-2-5-10-23)22-35(45)42(33,37)25-12-6-3-7-13-25/h2-17,19-20,22,30,32-33,36-37,44H,18,21H2,1H3,(H,49,50). The highest BCUT2D eigenvalue weighted by Crippen LogP contribution is 2.64. The lowest BCUT2D eigenvalue weighted by Gasteiger charge is -2.55. The van der Waals surface area contributed by atoms with Crippen LogP contribution < -0.4 is 9.64 Å². The van der Waals surface area contributed by atoms with Gasteiger partial charge in [0, 0.05) is 29.0 Å². The summed E-state index contributed by atoms with van der Waals surface area (Å²) in [6.07, 6.45) is 3.72. The van der Waals surface area contributed by atoms with Crippen LogP contribution in [-0.2, 0) is 24.6 Å². The molecule has 51 heavy (non-hydrogen) atoms. The Labute approximate surface area is 293 Å². The van der Waals surface area contributed by atoms with Crippen molar-refractivity contribution < 1.29 is 38.9 Å². The third-order valence-electron chi connectivity index (χ3n) is 11.3. The van der Waals surface area contributed by atoms with Crippen LogP contribution in [0, 0.1) is 23.7 Å². The number of hydrogen-bond acceptors (Lipinski definition) is 7. The molecule has 6 unspecified atom stereocenters. The minimum Gasteiger partial charge on any atom is -0.508 e. The van der Waals surface area contributed by atoms with Crippen LogP contribution in [-0.4, -0.2) is 46.7 Å². The minimum atomic E-state index is -1.45. The van der Waals surface area contributed by atoms with Gasteiger partial charge in [-0.15, -0.1) is 0 Å². The average molecular weight is 680 g/mol. The van der Waals surface area contributed by atoms with Gasteiger partial charge in [-0.05, 0) is 60.2 Å². The predicted octanol–water partition coefficient (Wildman–Crippen LogP) is 6.13. The molecule has 2 fully saturated rings. The Hall–Kier alpha value is -6.09. The topological polar surface area (TPSA) is 138 Å². The van der Waals surface area contributed by atoms with E-state index in [1.54, 1.807) is 36.4 Å². The van der Waals surface area contributed by atoms with Gasteiger partial charge in [-0.25, -0.2) is 4.79 Å². The Kier molecular flexibility index (Phi) is 7.59. The number of aromatic hydroxyl groups is 1. The maximum Gasteiger partial charge on any atom is 0.335 e. The second-order valence-electron chi connectivity index (χ2n) is 13.6. The highest BCUT2D eigenvalue weighted by molar-refractivity contribution is 6.32. The number of ether oxygens (including phenoxy) is 1. The molecule has 1 heterocycles. The first kappa shape index (κ1) is 32.1. The molecule has 9 nitrogen and oxygen atoms in total. The van der Waals surface area contributed by atoms with Crippen LogP contribution in [0.4, 0.5) is 5.69 Å². The van der Waals surface area contributed by atoms with Crippen molar-refractivity contribution in [1.82, 2.24) is 0 Å². The van der Waals surface area contributed by atoms with Gasteiger partial charge in [0.2, 0.25) is 11.8 Å². The minimum absolute atomic E-state index is 0.0425. The second-order valence-corrected chi connectivity index (χ2v) is 13.6. The third-order valence-corrected chi connectivity index (χ3v) is 11.3. The summed E-state index contributed by atoms with van der Waals surface area (Å²) in [6.45, 7) is 0. The molecule has 6 atom stereocenters. The van der Waals surface area contributed by atoms with Gasteiger partial charge in [-0.1, -0.05) is 84.4 Å². The molecule has 2 amide bonds. The van der Waals surface area contributed by atoms with Crippen molar-refractivity contribution in [2.45, 2.75) is 24.2 Å². The van der Waals surface area contributed by atoms with Gasteiger partial charge < -0.3 is 14.9 Å². The fraction of sp³-hybridized carbons (Fsp3) is 0.214. The van der Waals surface area contributed by atoms with E-state index in [1.807, 2.05) is 42.5 Å². The number of methoxy groups -OCH3 is 1. The number of carboxylic acids is 1. The molecule has 3 aliphatic carbocycles. The molecule has 8 rings (SSSR count). The quantitative estimate of drug-likeness (QED) is 0.184. The van der Waals surface area contributed by atoms with Crippen LogP contribution in [0.3, 0.4) is 0 Å². The number of Topliss-reactive ketones (excluding diaryl/α,β-unsaturated/α-hetero) is 1. The van der Waals surface area contributed by atoms with E-state index in [1.165, 1.54) is 43.5 Å². The molecule has 4 aliphatic rings. The van der Waals surface area contributed by atoms with Crippen molar-refractivity contribution >= 4 is 40.6 Å². The molecule has 2 N–H and O–H groups in total. The van der Waals surface area contributed by atoms with E-state index in [-0.39, 0.29) is 47.0 Å². The Bertz CT molecular complexity index is 2210. The Morgan fingerprint density at radius 2 is 1.57 bits per heavy atom. The fourth-order valence-electron chi connectivity index (χ4n) is 9.19. The Morgan fingerprint density at radius 3 is 2.27 bits per heavy atom. The maximum atomic E-state index is 15.1. The third kappa shape index (κ3) is 4.71. The molecule has 4 aromatic rings. The lowest BCUT2D eigenvalue weighted by Crippen LogP contribution is -2.58. The van der Waals surface area contributed by atoms with Gasteiger partial charge in [-0.2, -0.15) is 0 Å². The van der Waals surface area contributed by atoms with Crippen molar-refractivity contribution in [2.75, 3.05) is 12.0 Å². The van der Waals surface area contributed by atoms with Gasteiger partial charge >= 0.3 is 5.97 Å². The molecular weight excluding hydrogens is 646 g/mol. The number of carboxylic acid groups (broad SMARTS) is 1. The number of phenolic OH excluding ortho intramolecular Hbond substituents is 1. The van der Waals surface area contributed by atoms with Crippen LogP contribution in [0.25, 0.3) is 5.57 Å². The summed E-state index contributed by atoms with van der Waals surface area (Å²) < 4.78 is 5.83. The first-order valence-electron chi connectivity index (χ1n) is 16.9. The van der Waals surface area contributed by atoms with Crippen molar-refractivity contribution in [3.8, 4) is 11.5 Å². The van der Waals surface area contributed by atoms with E-state index in [0.717, 1.165) is 10.5 Å². The summed E-state index contributed by atoms with van der Waals surface area (Å²) in [4.78, 5) is 71.7. The normalized spacial score (nSPS) is 26.8. The number of rotatable bonds is 6. The number of allylic oxidation sites excluding steroid dienone is 4. The smallest absolute Gasteiger partial charge is 0.335 e. The molecule has 0 radical (unpaired) electrons. The molecule has 9 heteroatoms. The zero-order valence-corrected chi connectivity index (χ0v) is 27.6. The molecule has 254 valence electrons. The lowest BCUT2D eigenvalue weighted by atomic mass is 9.44. The zero-order valence-electron chi connectivity index (χ0n) is 27.6. The van der Waals surface area contributed by atoms with Gasteiger partial charge in [0.25, 0.3) is 0 Å². The molecule has 0 spiro atoms. The number of ketones is 2. The van der Waals surface area contributed by atoms with Crippen LogP contribution >= 0.6 is 0 Å². The second kappa shape index (κ2) is 12.1. The van der Waals surface area contributed by atoms with Gasteiger partial charge in [-0.3, -0.25) is 24.1 Å². The molecule has 0 bridgehead atoms. The first-order valence-corrected chi connectivity index (χ1v) is 16.9. The first-order chi connectivity index (χ1) is 24.7. The van der Waals surface area contributed by atoms with Gasteiger partial charge in [0.1, 0.15) is 11.5 Å². The number of carbonyl (C=O) groups is 5. The number of phenols is 1. The van der Waals surface area contributed by atoms with E-state index in [4.69, 9.17) is 4.74 Å². The van der Waals surface area contributed by atoms with E-state index in [2.05, 4.69) is 0 Å². The number of carbonyl (C=O) groups excluding carboxylic acids is 4. The van der Waals surface area contributed by atoms with E-state index < -0.39 is 52.8 Å². The van der Waals surface area contributed by atoms with Crippen molar-refractivity contribution in [1.29, 1.82) is 0 Å². The number of fused-ring (bicyclic) bond motifs is 4. The molecule has 0 aromatic heterocycles. The number of amides is 2. The predicted molar refractivity (Wildman–Crippen MR) is 187 cm³/mol. The van der Waals surface area contributed by atoms with Crippen molar-refractivity contribution in [2.24, 2.45) is 23.7 Å².